The maximum absolute atomic E-state index is 13.3. The van der Waals surface area contributed by atoms with Gasteiger partial charge in [0.2, 0.25) is 11.1 Å². The number of amides is 1. The highest BCUT2D eigenvalue weighted by molar-refractivity contribution is 7.99. The molecule has 1 amide bonds. The zero-order valence-corrected chi connectivity index (χ0v) is 13.5. The monoisotopic (exact) mass is 339 g/mol. The second-order valence-electron chi connectivity index (χ2n) is 4.67. The van der Waals surface area contributed by atoms with Crippen molar-refractivity contribution in [3.05, 3.63) is 30.1 Å². The number of halogens is 1. The van der Waals surface area contributed by atoms with E-state index in [2.05, 4.69) is 15.5 Å². The van der Waals surface area contributed by atoms with Crippen molar-refractivity contribution in [1.29, 1.82) is 0 Å². The van der Waals surface area contributed by atoms with E-state index in [-0.39, 0.29) is 17.5 Å². The molecular weight excluding hydrogens is 321 g/mol. The van der Waals surface area contributed by atoms with Gasteiger partial charge in [-0.2, -0.15) is 0 Å². The van der Waals surface area contributed by atoms with Crippen LogP contribution in [0.4, 0.5) is 4.39 Å². The van der Waals surface area contributed by atoms with Crippen molar-refractivity contribution < 1.29 is 13.9 Å². The highest BCUT2D eigenvalue weighted by Gasteiger charge is 2.14. The minimum Gasteiger partial charge on any atom is -0.385 e. The number of methoxy groups -OCH3 is 1. The summed E-state index contributed by atoms with van der Waals surface area (Å²) in [6.07, 6.45) is 0.754. The van der Waals surface area contributed by atoms with Crippen molar-refractivity contribution in [3.8, 4) is 11.4 Å². The maximum Gasteiger partial charge on any atom is 0.230 e. The summed E-state index contributed by atoms with van der Waals surface area (Å²) in [4.78, 5) is 11.7. The lowest BCUT2D eigenvalue weighted by Gasteiger charge is -2.05. The predicted octanol–water partition coefficient (Wildman–Crippen LogP) is 1.04. The summed E-state index contributed by atoms with van der Waals surface area (Å²) >= 11 is 1.17. The SMILES string of the molecule is COCCCNC(=O)CSc1nnc(-c2cccc(F)c2)n1N. The van der Waals surface area contributed by atoms with Gasteiger partial charge in [0.1, 0.15) is 5.82 Å². The van der Waals surface area contributed by atoms with Crippen LogP contribution in [0.5, 0.6) is 0 Å². The molecule has 0 fully saturated rings. The lowest BCUT2D eigenvalue weighted by molar-refractivity contribution is -0.118. The van der Waals surface area contributed by atoms with Crippen LogP contribution in [0, 0.1) is 5.82 Å². The van der Waals surface area contributed by atoms with Crippen LogP contribution in [0.3, 0.4) is 0 Å². The average Bonchev–Trinajstić information content (AvgIpc) is 2.90. The number of nitrogen functional groups attached to an aromatic ring is 1. The summed E-state index contributed by atoms with van der Waals surface area (Å²) in [7, 11) is 1.61. The van der Waals surface area contributed by atoms with Crippen LogP contribution in [0.15, 0.2) is 29.4 Å². The van der Waals surface area contributed by atoms with Gasteiger partial charge in [-0.3, -0.25) is 4.79 Å². The summed E-state index contributed by atoms with van der Waals surface area (Å²) < 4.78 is 19.4. The van der Waals surface area contributed by atoms with Crippen molar-refractivity contribution in [2.45, 2.75) is 11.6 Å². The van der Waals surface area contributed by atoms with E-state index in [4.69, 9.17) is 10.6 Å². The molecule has 9 heteroatoms. The number of nitrogens with one attached hydrogen (secondary N) is 1. The Bertz CT molecular complexity index is 664. The third-order valence-electron chi connectivity index (χ3n) is 2.93. The predicted molar refractivity (Wildman–Crippen MR) is 85.8 cm³/mol. The molecular formula is C14H18FN5O2S. The first-order chi connectivity index (χ1) is 11.1. The van der Waals surface area contributed by atoms with Gasteiger partial charge in [0.05, 0.1) is 5.75 Å². The number of aromatic nitrogens is 3. The van der Waals surface area contributed by atoms with Crippen molar-refractivity contribution >= 4 is 17.7 Å². The Labute approximate surface area is 137 Å². The molecule has 1 heterocycles. The van der Waals surface area contributed by atoms with Gasteiger partial charge in [0.15, 0.2) is 5.82 Å². The smallest absolute Gasteiger partial charge is 0.230 e. The molecule has 0 saturated heterocycles. The van der Waals surface area contributed by atoms with Gasteiger partial charge in [-0.1, -0.05) is 23.9 Å². The first-order valence-corrected chi connectivity index (χ1v) is 7.95. The molecule has 2 aromatic rings. The lowest BCUT2D eigenvalue weighted by atomic mass is 10.2. The van der Waals surface area contributed by atoms with Crippen LogP contribution in [-0.2, 0) is 9.53 Å². The normalized spacial score (nSPS) is 10.7. The second kappa shape index (κ2) is 8.49. The Balaban J connectivity index is 1.91. The first kappa shape index (κ1) is 17.2. The number of nitrogens with zero attached hydrogens (tertiary/aromatic N) is 3. The topological polar surface area (TPSA) is 95.1 Å². The standard InChI is InChI=1S/C14H18FN5O2S/c1-22-7-3-6-17-12(21)9-23-14-19-18-13(20(14)16)10-4-2-5-11(15)8-10/h2,4-5,8H,3,6-7,9,16H2,1H3,(H,17,21). The fraction of sp³-hybridized carbons (Fsp3) is 0.357. The number of hydrogen-bond acceptors (Lipinski definition) is 6. The molecule has 0 spiro atoms. The molecule has 124 valence electrons. The van der Waals surface area contributed by atoms with Crippen molar-refractivity contribution in [2.75, 3.05) is 31.9 Å². The molecule has 7 nitrogen and oxygen atoms in total. The van der Waals surface area contributed by atoms with Gasteiger partial charge in [-0.25, -0.2) is 9.07 Å². The van der Waals surface area contributed by atoms with Gasteiger partial charge in [-0.15, -0.1) is 10.2 Å². The van der Waals surface area contributed by atoms with E-state index < -0.39 is 0 Å². The van der Waals surface area contributed by atoms with E-state index in [1.54, 1.807) is 19.2 Å². The summed E-state index contributed by atoms with van der Waals surface area (Å²) in [5, 5.41) is 11.0. The Hall–Kier alpha value is -2.13. The number of hydrogen-bond donors (Lipinski definition) is 2. The van der Waals surface area contributed by atoms with Gasteiger partial charge in [-0.05, 0) is 18.6 Å². The summed E-state index contributed by atoms with van der Waals surface area (Å²) in [5.74, 6) is 5.92. The fourth-order valence-corrected chi connectivity index (χ4v) is 2.51. The molecule has 2 rings (SSSR count). The molecule has 0 unspecified atom stereocenters. The average molecular weight is 339 g/mol. The Kier molecular flexibility index (Phi) is 6.36. The number of thioether (sulfide) groups is 1. The molecule has 1 aromatic carbocycles. The van der Waals surface area contributed by atoms with E-state index in [0.29, 0.717) is 29.7 Å². The van der Waals surface area contributed by atoms with Gasteiger partial charge in [0, 0.05) is 25.8 Å². The largest absolute Gasteiger partial charge is 0.385 e. The third-order valence-corrected chi connectivity index (χ3v) is 3.87. The molecule has 0 atom stereocenters. The molecule has 3 N–H and O–H groups in total. The molecule has 0 aliphatic carbocycles. The number of rotatable bonds is 8. The van der Waals surface area contributed by atoms with Gasteiger partial charge >= 0.3 is 0 Å². The van der Waals surface area contributed by atoms with Crippen LogP contribution in [0.25, 0.3) is 11.4 Å². The van der Waals surface area contributed by atoms with Crippen LogP contribution >= 0.6 is 11.8 Å². The quantitative estimate of drug-likeness (QED) is 0.424. The summed E-state index contributed by atoms with van der Waals surface area (Å²) in [6, 6.07) is 5.92. The zero-order chi connectivity index (χ0) is 16.7. The number of benzene rings is 1. The zero-order valence-electron chi connectivity index (χ0n) is 12.7. The molecule has 0 radical (unpaired) electrons. The van der Waals surface area contributed by atoms with E-state index in [1.165, 1.54) is 28.6 Å². The molecule has 0 aliphatic heterocycles. The number of carbonyl (C=O) groups is 1. The van der Waals surface area contributed by atoms with Crippen LogP contribution in [0.1, 0.15) is 6.42 Å². The molecule has 1 aromatic heterocycles. The Morgan fingerprint density at radius 3 is 3.04 bits per heavy atom. The number of carbonyl (C=O) groups excluding carboxylic acids is 1. The van der Waals surface area contributed by atoms with E-state index >= 15 is 0 Å². The molecule has 0 aliphatic rings. The minimum absolute atomic E-state index is 0.124. The highest BCUT2D eigenvalue weighted by Crippen LogP contribution is 2.21. The summed E-state index contributed by atoms with van der Waals surface area (Å²) in [6.45, 7) is 1.15. The molecule has 0 saturated carbocycles. The van der Waals surface area contributed by atoms with Crippen LogP contribution < -0.4 is 11.2 Å². The van der Waals surface area contributed by atoms with Gasteiger partial charge < -0.3 is 15.9 Å². The van der Waals surface area contributed by atoms with Crippen molar-refractivity contribution in [2.24, 2.45) is 0 Å². The van der Waals surface area contributed by atoms with E-state index in [1.807, 2.05) is 0 Å². The van der Waals surface area contributed by atoms with E-state index in [9.17, 15) is 9.18 Å². The third kappa shape index (κ3) is 4.93. The first-order valence-electron chi connectivity index (χ1n) is 6.96. The number of ether oxygens (including phenoxy) is 1. The van der Waals surface area contributed by atoms with E-state index in [0.717, 1.165) is 6.42 Å². The fourth-order valence-electron chi connectivity index (χ4n) is 1.83. The maximum atomic E-state index is 13.3. The lowest BCUT2D eigenvalue weighted by Crippen LogP contribution is -2.27. The summed E-state index contributed by atoms with van der Waals surface area (Å²) in [5.41, 5.74) is 0.524. The molecule has 0 bridgehead atoms. The van der Waals surface area contributed by atoms with Crippen molar-refractivity contribution in [3.63, 3.8) is 0 Å². The Morgan fingerprint density at radius 2 is 2.30 bits per heavy atom. The molecule has 23 heavy (non-hydrogen) atoms. The van der Waals surface area contributed by atoms with Crippen LogP contribution in [-0.4, -0.2) is 46.8 Å². The van der Waals surface area contributed by atoms with Gasteiger partial charge in [0.25, 0.3) is 0 Å². The Morgan fingerprint density at radius 1 is 1.48 bits per heavy atom. The second-order valence-corrected chi connectivity index (χ2v) is 5.61. The van der Waals surface area contributed by atoms with Crippen LogP contribution in [0.2, 0.25) is 0 Å². The van der Waals surface area contributed by atoms with Crippen molar-refractivity contribution in [1.82, 2.24) is 20.2 Å². The minimum atomic E-state index is -0.380. The number of nitrogens with two attached hydrogens (primary N) is 1. The highest BCUT2D eigenvalue weighted by atomic mass is 32.2.